The normalized spacial score (nSPS) is 17.7. The van der Waals surface area contributed by atoms with Crippen molar-refractivity contribution >= 4 is 10.0 Å². The van der Waals surface area contributed by atoms with Gasteiger partial charge < -0.3 is 10.3 Å². The Balaban J connectivity index is 1.64. The molecule has 0 unspecified atom stereocenters. The molecule has 24 heavy (non-hydrogen) atoms. The second kappa shape index (κ2) is 7.39. The van der Waals surface area contributed by atoms with Crippen molar-refractivity contribution in [2.45, 2.75) is 24.4 Å². The first kappa shape index (κ1) is 17.0. The predicted molar refractivity (Wildman–Crippen MR) is 87.3 cm³/mol. The Morgan fingerprint density at radius 1 is 1.12 bits per heavy atom. The third-order valence-corrected chi connectivity index (χ3v) is 5.89. The molecule has 1 aliphatic rings. The van der Waals surface area contributed by atoms with Gasteiger partial charge in [0.1, 0.15) is 0 Å². The molecular weight excluding hydrogens is 330 g/mol. The van der Waals surface area contributed by atoms with E-state index in [0.29, 0.717) is 42.8 Å². The third-order valence-electron chi connectivity index (χ3n) is 3.98. The van der Waals surface area contributed by atoms with Crippen LogP contribution in [0.1, 0.15) is 18.1 Å². The Hall–Kier alpha value is -1.81. The standard InChI is InChI=1S/C15H21N5O3S/c16-11-15-17-14(18-23-15)12-19-7-4-8-20(10-9-19)24(21,22)13-5-2-1-3-6-13/h1-3,5-6H,4,7-12,16H2. The molecule has 1 aliphatic heterocycles. The van der Waals surface area contributed by atoms with Crippen LogP contribution in [0.15, 0.2) is 39.8 Å². The zero-order chi connectivity index (χ0) is 17.0. The summed E-state index contributed by atoms with van der Waals surface area (Å²) in [4.78, 5) is 6.66. The summed E-state index contributed by atoms with van der Waals surface area (Å²) in [6.07, 6.45) is 0.758. The first-order valence-corrected chi connectivity index (χ1v) is 9.32. The van der Waals surface area contributed by atoms with Crippen LogP contribution in [0.2, 0.25) is 0 Å². The quantitative estimate of drug-likeness (QED) is 0.832. The number of sulfonamides is 1. The van der Waals surface area contributed by atoms with Gasteiger partial charge in [-0.3, -0.25) is 4.90 Å². The Bertz CT molecular complexity index is 762. The van der Waals surface area contributed by atoms with Gasteiger partial charge in [0.05, 0.1) is 18.0 Å². The van der Waals surface area contributed by atoms with Crippen LogP contribution in [-0.4, -0.2) is 53.9 Å². The highest BCUT2D eigenvalue weighted by Crippen LogP contribution is 2.17. The summed E-state index contributed by atoms with van der Waals surface area (Å²) in [5.74, 6) is 0.989. The van der Waals surface area contributed by atoms with Gasteiger partial charge in [-0.1, -0.05) is 23.4 Å². The van der Waals surface area contributed by atoms with Crippen LogP contribution in [-0.2, 0) is 23.1 Å². The van der Waals surface area contributed by atoms with Gasteiger partial charge in [0.15, 0.2) is 5.82 Å². The SMILES string of the molecule is NCc1nc(CN2CCCN(S(=O)(=O)c3ccccc3)CC2)no1. The van der Waals surface area contributed by atoms with Gasteiger partial charge in [0, 0.05) is 19.6 Å². The maximum absolute atomic E-state index is 12.7. The lowest BCUT2D eigenvalue weighted by atomic mass is 10.4. The summed E-state index contributed by atoms with van der Waals surface area (Å²) in [6, 6.07) is 8.55. The average molecular weight is 351 g/mol. The second-order valence-electron chi connectivity index (χ2n) is 5.66. The van der Waals surface area contributed by atoms with Crippen LogP contribution < -0.4 is 5.73 Å². The highest BCUT2D eigenvalue weighted by Gasteiger charge is 2.27. The van der Waals surface area contributed by atoms with Crippen molar-refractivity contribution in [2.24, 2.45) is 5.73 Å². The van der Waals surface area contributed by atoms with Crippen LogP contribution in [0.5, 0.6) is 0 Å². The molecule has 8 nitrogen and oxygen atoms in total. The average Bonchev–Trinajstić information content (AvgIpc) is 2.92. The molecule has 2 aromatic rings. The van der Waals surface area contributed by atoms with Gasteiger partial charge in [0.2, 0.25) is 15.9 Å². The summed E-state index contributed by atoms with van der Waals surface area (Å²) >= 11 is 0. The van der Waals surface area contributed by atoms with Gasteiger partial charge in [0.25, 0.3) is 0 Å². The van der Waals surface area contributed by atoms with E-state index in [1.54, 1.807) is 28.6 Å². The maximum Gasteiger partial charge on any atom is 0.243 e. The topological polar surface area (TPSA) is 106 Å². The molecule has 1 aromatic carbocycles. The molecule has 0 amide bonds. The summed E-state index contributed by atoms with van der Waals surface area (Å²) < 4.78 is 31.9. The highest BCUT2D eigenvalue weighted by atomic mass is 32.2. The van der Waals surface area contributed by atoms with Crippen molar-refractivity contribution in [1.82, 2.24) is 19.3 Å². The number of hydrogen-bond acceptors (Lipinski definition) is 7. The molecule has 0 bridgehead atoms. The van der Waals surface area contributed by atoms with Crippen LogP contribution in [0, 0.1) is 0 Å². The summed E-state index contributed by atoms with van der Waals surface area (Å²) in [5, 5.41) is 3.89. The Morgan fingerprint density at radius 2 is 1.92 bits per heavy atom. The minimum absolute atomic E-state index is 0.218. The van der Waals surface area contributed by atoms with Crippen molar-refractivity contribution in [3.63, 3.8) is 0 Å². The van der Waals surface area contributed by atoms with Crippen LogP contribution in [0.25, 0.3) is 0 Å². The lowest BCUT2D eigenvalue weighted by Gasteiger charge is -2.21. The van der Waals surface area contributed by atoms with Gasteiger partial charge >= 0.3 is 0 Å². The summed E-state index contributed by atoms with van der Waals surface area (Å²) in [7, 11) is -3.44. The fraction of sp³-hybridized carbons (Fsp3) is 0.467. The lowest BCUT2D eigenvalue weighted by molar-refractivity contribution is 0.266. The van der Waals surface area contributed by atoms with E-state index in [9.17, 15) is 8.42 Å². The third kappa shape index (κ3) is 3.81. The molecule has 1 aromatic heterocycles. The second-order valence-corrected chi connectivity index (χ2v) is 7.59. The highest BCUT2D eigenvalue weighted by molar-refractivity contribution is 7.89. The molecule has 1 fully saturated rings. The Kier molecular flexibility index (Phi) is 5.24. The smallest absolute Gasteiger partial charge is 0.243 e. The molecular formula is C15H21N5O3S. The molecule has 1 saturated heterocycles. The van der Waals surface area contributed by atoms with Gasteiger partial charge in [-0.25, -0.2) is 8.42 Å². The van der Waals surface area contributed by atoms with Crippen molar-refractivity contribution in [1.29, 1.82) is 0 Å². The lowest BCUT2D eigenvalue weighted by Crippen LogP contribution is -2.35. The predicted octanol–water partition coefficient (Wildman–Crippen LogP) is 0.425. The van der Waals surface area contributed by atoms with Gasteiger partial charge in [-0.05, 0) is 25.1 Å². The first-order chi connectivity index (χ1) is 11.6. The van der Waals surface area contributed by atoms with E-state index in [-0.39, 0.29) is 6.54 Å². The molecule has 0 aliphatic carbocycles. The van der Waals surface area contributed by atoms with Gasteiger partial charge in [-0.15, -0.1) is 0 Å². The molecule has 0 radical (unpaired) electrons. The van der Waals surface area contributed by atoms with Crippen molar-refractivity contribution in [3.8, 4) is 0 Å². The zero-order valence-corrected chi connectivity index (χ0v) is 14.2. The molecule has 0 spiro atoms. The molecule has 130 valence electrons. The minimum atomic E-state index is -3.44. The minimum Gasteiger partial charge on any atom is -0.338 e. The molecule has 2 heterocycles. The molecule has 9 heteroatoms. The Labute approximate surface area is 141 Å². The number of hydrogen-bond donors (Lipinski definition) is 1. The zero-order valence-electron chi connectivity index (χ0n) is 13.3. The fourth-order valence-corrected chi connectivity index (χ4v) is 4.22. The number of rotatable bonds is 5. The number of benzene rings is 1. The van der Waals surface area contributed by atoms with Crippen LogP contribution in [0.4, 0.5) is 0 Å². The van der Waals surface area contributed by atoms with Crippen molar-refractivity contribution in [3.05, 3.63) is 42.0 Å². The van der Waals surface area contributed by atoms with E-state index in [0.717, 1.165) is 13.0 Å². The van der Waals surface area contributed by atoms with Crippen molar-refractivity contribution < 1.29 is 12.9 Å². The summed E-state index contributed by atoms with van der Waals surface area (Å²) in [5.41, 5.74) is 5.46. The van der Waals surface area contributed by atoms with Crippen LogP contribution in [0.3, 0.4) is 0 Å². The Morgan fingerprint density at radius 3 is 2.62 bits per heavy atom. The van der Waals surface area contributed by atoms with E-state index in [2.05, 4.69) is 15.0 Å². The van der Waals surface area contributed by atoms with E-state index >= 15 is 0 Å². The number of aromatic nitrogens is 2. The van der Waals surface area contributed by atoms with Crippen LogP contribution >= 0.6 is 0 Å². The molecule has 3 rings (SSSR count). The van der Waals surface area contributed by atoms with E-state index in [1.807, 2.05) is 6.07 Å². The molecule has 0 atom stereocenters. The summed E-state index contributed by atoms with van der Waals surface area (Å²) in [6.45, 7) is 3.11. The van der Waals surface area contributed by atoms with E-state index in [1.165, 1.54) is 0 Å². The first-order valence-electron chi connectivity index (χ1n) is 7.88. The molecule has 0 saturated carbocycles. The largest absolute Gasteiger partial charge is 0.338 e. The van der Waals surface area contributed by atoms with E-state index < -0.39 is 10.0 Å². The van der Waals surface area contributed by atoms with Crippen molar-refractivity contribution in [2.75, 3.05) is 26.2 Å². The number of nitrogens with two attached hydrogens (primary N) is 1. The fourth-order valence-electron chi connectivity index (χ4n) is 2.72. The van der Waals surface area contributed by atoms with E-state index in [4.69, 9.17) is 10.3 Å². The number of nitrogens with zero attached hydrogens (tertiary/aromatic N) is 4. The molecule has 2 N–H and O–H groups in total. The van der Waals surface area contributed by atoms with Gasteiger partial charge in [-0.2, -0.15) is 9.29 Å². The monoisotopic (exact) mass is 351 g/mol. The maximum atomic E-state index is 12.7.